The van der Waals surface area contributed by atoms with Crippen LogP contribution < -0.4 is 0 Å². The average Bonchev–Trinajstić information content (AvgIpc) is 3.22. The van der Waals surface area contributed by atoms with Gasteiger partial charge in [0.25, 0.3) is 11.1 Å². The molecule has 124 valence electrons. The van der Waals surface area contributed by atoms with Crippen molar-refractivity contribution in [3.63, 3.8) is 0 Å². The fourth-order valence-electron chi connectivity index (χ4n) is 2.16. The van der Waals surface area contributed by atoms with Gasteiger partial charge in [0.15, 0.2) is 0 Å². The van der Waals surface area contributed by atoms with Crippen LogP contribution in [0.4, 0.5) is 0 Å². The second-order valence-electron chi connectivity index (χ2n) is 5.29. The fraction of sp³-hybridized carbons (Fsp3) is 0.235. The topological polar surface area (TPSA) is 72.4 Å². The van der Waals surface area contributed by atoms with Gasteiger partial charge in [-0.25, -0.2) is 0 Å². The van der Waals surface area contributed by atoms with Crippen LogP contribution in [0.5, 0.6) is 0 Å². The van der Waals surface area contributed by atoms with Crippen LogP contribution in [0.1, 0.15) is 11.3 Å². The Kier molecular flexibility index (Phi) is 5.00. The van der Waals surface area contributed by atoms with Crippen molar-refractivity contribution in [1.82, 2.24) is 15.1 Å². The lowest BCUT2D eigenvalue weighted by Gasteiger charge is -2.16. The van der Waals surface area contributed by atoms with Gasteiger partial charge in [-0.2, -0.15) is 0 Å². The number of rotatable bonds is 6. The second-order valence-corrected chi connectivity index (χ2v) is 6.21. The van der Waals surface area contributed by atoms with Crippen LogP contribution in [-0.2, 0) is 11.3 Å². The summed E-state index contributed by atoms with van der Waals surface area (Å²) in [7, 11) is 1.78. The molecule has 6 nitrogen and oxygen atoms in total. The SMILES string of the molecule is Cc1occc1-c1nnc(SCC(=O)N(C)Cc2ccccc2)o1. The Labute approximate surface area is 143 Å². The molecule has 0 unspecified atom stereocenters. The highest BCUT2D eigenvalue weighted by molar-refractivity contribution is 7.99. The Bertz CT molecular complexity index is 813. The number of furan rings is 1. The summed E-state index contributed by atoms with van der Waals surface area (Å²) in [6, 6.07) is 11.6. The molecule has 0 fully saturated rings. The molecule has 2 aromatic heterocycles. The summed E-state index contributed by atoms with van der Waals surface area (Å²) in [5.74, 6) is 1.36. The normalized spacial score (nSPS) is 10.8. The predicted octanol–water partition coefficient (Wildman–Crippen LogP) is 3.39. The van der Waals surface area contributed by atoms with E-state index in [-0.39, 0.29) is 11.7 Å². The van der Waals surface area contributed by atoms with E-state index < -0.39 is 0 Å². The molecule has 3 rings (SSSR count). The fourth-order valence-corrected chi connectivity index (χ4v) is 2.87. The highest BCUT2D eigenvalue weighted by atomic mass is 32.2. The summed E-state index contributed by atoms with van der Waals surface area (Å²) in [6.07, 6.45) is 1.57. The van der Waals surface area contributed by atoms with Crippen LogP contribution in [0.15, 0.2) is 56.7 Å². The molecule has 3 aromatic rings. The van der Waals surface area contributed by atoms with E-state index >= 15 is 0 Å². The molecule has 0 radical (unpaired) electrons. The number of aromatic nitrogens is 2. The largest absolute Gasteiger partial charge is 0.469 e. The summed E-state index contributed by atoms with van der Waals surface area (Å²) in [5.41, 5.74) is 1.86. The minimum atomic E-state index is 0.00287. The van der Waals surface area contributed by atoms with E-state index in [1.807, 2.05) is 37.3 Å². The smallest absolute Gasteiger partial charge is 0.277 e. The zero-order chi connectivity index (χ0) is 16.9. The number of amides is 1. The van der Waals surface area contributed by atoms with E-state index in [1.165, 1.54) is 11.8 Å². The average molecular weight is 343 g/mol. The van der Waals surface area contributed by atoms with Crippen molar-refractivity contribution in [3.05, 3.63) is 54.0 Å². The molecular weight excluding hydrogens is 326 g/mol. The third-order valence-corrected chi connectivity index (χ3v) is 4.31. The van der Waals surface area contributed by atoms with Crippen LogP contribution in [0.3, 0.4) is 0 Å². The maximum Gasteiger partial charge on any atom is 0.277 e. The number of thioether (sulfide) groups is 1. The van der Waals surface area contributed by atoms with E-state index in [9.17, 15) is 4.79 Å². The van der Waals surface area contributed by atoms with E-state index in [1.54, 1.807) is 24.3 Å². The molecule has 0 bridgehead atoms. The number of hydrogen-bond acceptors (Lipinski definition) is 6. The van der Waals surface area contributed by atoms with Crippen LogP contribution in [0.2, 0.25) is 0 Å². The lowest BCUT2D eigenvalue weighted by molar-refractivity contribution is -0.127. The molecule has 0 atom stereocenters. The summed E-state index contributed by atoms with van der Waals surface area (Å²) in [5, 5.41) is 8.32. The van der Waals surface area contributed by atoms with Gasteiger partial charge in [-0.05, 0) is 18.6 Å². The number of benzene rings is 1. The summed E-state index contributed by atoms with van der Waals surface area (Å²) in [4.78, 5) is 13.9. The third-order valence-electron chi connectivity index (χ3n) is 3.50. The number of carbonyl (C=O) groups is 1. The minimum Gasteiger partial charge on any atom is -0.469 e. The molecular formula is C17H17N3O3S. The minimum absolute atomic E-state index is 0.00287. The summed E-state index contributed by atoms with van der Waals surface area (Å²) >= 11 is 1.23. The van der Waals surface area contributed by atoms with Crippen LogP contribution in [0, 0.1) is 6.92 Å². The van der Waals surface area contributed by atoms with E-state index in [0.717, 1.165) is 11.1 Å². The summed E-state index contributed by atoms with van der Waals surface area (Å²) in [6.45, 7) is 2.40. The Morgan fingerprint density at radius 1 is 1.21 bits per heavy atom. The third kappa shape index (κ3) is 3.86. The van der Waals surface area contributed by atoms with Crippen molar-refractivity contribution in [2.75, 3.05) is 12.8 Å². The van der Waals surface area contributed by atoms with Gasteiger partial charge >= 0.3 is 0 Å². The first-order chi connectivity index (χ1) is 11.6. The quantitative estimate of drug-likeness (QED) is 0.639. The molecule has 0 saturated carbocycles. The van der Waals surface area contributed by atoms with E-state index in [0.29, 0.717) is 23.4 Å². The van der Waals surface area contributed by atoms with Gasteiger partial charge in [0.2, 0.25) is 5.91 Å². The highest BCUT2D eigenvalue weighted by Gasteiger charge is 2.15. The molecule has 2 heterocycles. The first-order valence-corrected chi connectivity index (χ1v) is 8.40. The second kappa shape index (κ2) is 7.35. The molecule has 7 heteroatoms. The molecule has 24 heavy (non-hydrogen) atoms. The maximum absolute atomic E-state index is 12.2. The van der Waals surface area contributed by atoms with E-state index in [2.05, 4.69) is 10.2 Å². The standard InChI is InChI=1S/C17H17N3O3S/c1-12-14(8-9-22-12)16-18-19-17(23-16)24-11-15(21)20(2)10-13-6-4-3-5-7-13/h3-9H,10-11H2,1-2H3. The molecule has 0 N–H and O–H groups in total. The van der Waals surface area contributed by atoms with Crippen LogP contribution >= 0.6 is 11.8 Å². The van der Waals surface area contributed by atoms with Gasteiger partial charge in [-0.3, -0.25) is 4.79 Å². The zero-order valence-corrected chi connectivity index (χ0v) is 14.2. The van der Waals surface area contributed by atoms with Gasteiger partial charge in [0.1, 0.15) is 5.76 Å². The van der Waals surface area contributed by atoms with Gasteiger partial charge in [0, 0.05) is 13.6 Å². The predicted molar refractivity (Wildman–Crippen MR) is 90.4 cm³/mol. The molecule has 1 amide bonds. The first-order valence-electron chi connectivity index (χ1n) is 7.42. The zero-order valence-electron chi connectivity index (χ0n) is 13.4. The van der Waals surface area contributed by atoms with Crippen molar-refractivity contribution >= 4 is 17.7 Å². The maximum atomic E-state index is 12.2. The Balaban J connectivity index is 1.55. The monoisotopic (exact) mass is 343 g/mol. The number of carbonyl (C=O) groups excluding carboxylic acids is 1. The lowest BCUT2D eigenvalue weighted by atomic mass is 10.2. The highest BCUT2D eigenvalue weighted by Crippen LogP contribution is 2.26. The van der Waals surface area contributed by atoms with Crippen molar-refractivity contribution in [1.29, 1.82) is 0 Å². The van der Waals surface area contributed by atoms with Crippen molar-refractivity contribution in [3.8, 4) is 11.5 Å². The molecule has 0 spiro atoms. The Morgan fingerprint density at radius 3 is 2.71 bits per heavy atom. The van der Waals surface area contributed by atoms with Crippen LogP contribution in [-0.4, -0.2) is 33.8 Å². The molecule has 0 saturated heterocycles. The Hall–Kier alpha value is -2.54. The number of nitrogens with zero attached hydrogens (tertiary/aromatic N) is 3. The number of hydrogen-bond donors (Lipinski definition) is 0. The first kappa shape index (κ1) is 16.3. The van der Waals surface area contributed by atoms with Gasteiger partial charge in [0.05, 0.1) is 17.6 Å². The molecule has 0 aliphatic carbocycles. The molecule has 0 aliphatic heterocycles. The van der Waals surface area contributed by atoms with Crippen molar-refractivity contribution < 1.29 is 13.6 Å². The number of aryl methyl sites for hydroxylation is 1. The van der Waals surface area contributed by atoms with Crippen LogP contribution in [0.25, 0.3) is 11.5 Å². The van der Waals surface area contributed by atoms with E-state index in [4.69, 9.17) is 8.83 Å². The van der Waals surface area contributed by atoms with Gasteiger partial charge in [-0.1, -0.05) is 42.1 Å². The Morgan fingerprint density at radius 2 is 2.00 bits per heavy atom. The van der Waals surface area contributed by atoms with Crippen molar-refractivity contribution in [2.24, 2.45) is 0 Å². The molecule has 1 aromatic carbocycles. The lowest BCUT2D eigenvalue weighted by Crippen LogP contribution is -2.27. The van der Waals surface area contributed by atoms with Crippen molar-refractivity contribution in [2.45, 2.75) is 18.7 Å². The summed E-state index contributed by atoms with van der Waals surface area (Å²) < 4.78 is 10.8. The van der Waals surface area contributed by atoms with Gasteiger partial charge in [-0.15, -0.1) is 10.2 Å². The molecule has 0 aliphatic rings. The van der Waals surface area contributed by atoms with Gasteiger partial charge < -0.3 is 13.7 Å².